The predicted molar refractivity (Wildman–Crippen MR) is 75.1 cm³/mol. The van der Waals surface area contributed by atoms with E-state index in [4.69, 9.17) is 5.26 Å². The zero-order valence-electron chi connectivity index (χ0n) is 11.4. The highest BCUT2D eigenvalue weighted by Gasteiger charge is 2.19. The van der Waals surface area contributed by atoms with Crippen LogP contribution in [0.4, 0.5) is 5.69 Å². The van der Waals surface area contributed by atoms with Crippen LogP contribution in [0.3, 0.4) is 0 Å². The number of fused-ring (bicyclic) bond motifs is 1. The van der Waals surface area contributed by atoms with Crippen LogP contribution in [0.25, 0.3) is 0 Å². The molecule has 0 spiro atoms. The van der Waals surface area contributed by atoms with Gasteiger partial charge in [-0.05, 0) is 12.1 Å². The highest BCUT2D eigenvalue weighted by Crippen LogP contribution is 2.14. The van der Waals surface area contributed by atoms with Crippen molar-refractivity contribution in [2.75, 3.05) is 18.4 Å². The summed E-state index contributed by atoms with van der Waals surface area (Å²) in [6.45, 7) is 2.43. The number of carbonyl (C=O) groups excluding carboxylic acids is 1. The van der Waals surface area contributed by atoms with E-state index in [9.17, 15) is 4.79 Å². The number of benzene rings is 1. The summed E-state index contributed by atoms with van der Waals surface area (Å²) >= 11 is 0. The summed E-state index contributed by atoms with van der Waals surface area (Å²) in [5.41, 5.74) is 1.01. The van der Waals surface area contributed by atoms with Crippen molar-refractivity contribution in [1.82, 2.24) is 19.7 Å². The maximum absolute atomic E-state index is 12.1. The first-order valence-corrected chi connectivity index (χ1v) is 6.64. The summed E-state index contributed by atoms with van der Waals surface area (Å²) < 4.78 is 1.99. The third-order valence-corrected chi connectivity index (χ3v) is 3.41. The zero-order valence-corrected chi connectivity index (χ0v) is 11.4. The van der Waals surface area contributed by atoms with Gasteiger partial charge in [0.15, 0.2) is 0 Å². The minimum absolute atomic E-state index is 0.134. The van der Waals surface area contributed by atoms with Gasteiger partial charge in [-0.3, -0.25) is 9.69 Å². The van der Waals surface area contributed by atoms with Crippen LogP contribution in [0.15, 0.2) is 30.6 Å². The van der Waals surface area contributed by atoms with E-state index in [1.54, 1.807) is 30.6 Å². The fraction of sp³-hybridized carbons (Fsp3) is 0.286. The molecule has 1 amide bonds. The Balaban J connectivity index is 1.62. The quantitative estimate of drug-likeness (QED) is 0.891. The Kier molecular flexibility index (Phi) is 3.62. The number of amides is 1. The molecule has 0 radical (unpaired) electrons. The van der Waals surface area contributed by atoms with Gasteiger partial charge in [0, 0.05) is 13.1 Å². The van der Waals surface area contributed by atoms with Crippen LogP contribution in [-0.2, 0) is 17.9 Å². The van der Waals surface area contributed by atoms with Crippen LogP contribution >= 0.6 is 0 Å². The molecule has 106 valence electrons. The van der Waals surface area contributed by atoms with Gasteiger partial charge in [0.25, 0.3) is 0 Å². The number of para-hydroxylation sites is 1. The Hall–Kier alpha value is -2.72. The summed E-state index contributed by atoms with van der Waals surface area (Å²) in [6, 6.07) is 9.03. The molecule has 0 saturated heterocycles. The fourth-order valence-electron chi connectivity index (χ4n) is 2.33. The number of hydrogen-bond acceptors (Lipinski definition) is 5. The third-order valence-electron chi connectivity index (χ3n) is 3.41. The van der Waals surface area contributed by atoms with Crippen molar-refractivity contribution in [1.29, 1.82) is 5.26 Å². The zero-order chi connectivity index (χ0) is 14.7. The van der Waals surface area contributed by atoms with Crippen molar-refractivity contribution >= 4 is 11.6 Å². The van der Waals surface area contributed by atoms with Gasteiger partial charge in [-0.1, -0.05) is 12.1 Å². The number of nitrogens with zero attached hydrogens (tertiary/aromatic N) is 5. The molecule has 0 fully saturated rings. The summed E-state index contributed by atoms with van der Waals surface area (Å²) in [5.74, 6) is 0.733. The SMILES string of the molecule is N#Cc1ccccc1NC(=O)CN1CCn2cnnc2C1. The lowest BCUT2D eigenvalue weighted by molar-refractivity contribution is -0.117. The average Bonchev–Trinajstić information content (AvgIpc) is 2.95. The Morgan fingerprint density at radius 2 is 2.24 bits per heavy atom. The summed E-state index contributed by atoms with van der Waals surface area (Å²) in [5, 5.41) is 19.7. The second-order valence-corrected chi connectivity index (χ2v) is 4.86. The predicted octanol–water partition coefficient (Wildman–Crippen LogP) is 0.604. The number of rotatable bonds is 3. The van der Waals surface area contributed by atoms with E-state index in [0.29, 0.717) is 17.8 Å². The lowest BCUT2D eigenvalue weighted by Gasteiger charge is -2.26. The molecule has 0 aliphatic carbocycles. The first-order valence-electron chi connectivity index (χ1n) is 6.64. The van der Waals surface area contributed by atoms with E-state index >= 15 is 0 Å². The Bertz CT molecular complexity index is 701. The molecule has 0 unspecified atom stereocenters. The summed E-state index contributed by atoms with van der Waals surface area (Å²) in [4.78, 5) is 14.1. The number of nitriles is 1. The van der Waals surface area contributed by atoms with Crippen LogP contribution < -0.4 is 5.32 Å². The molecule has 0 atom stereocenters. The van der Waals surface area contributed by atoms with E-state index in [0.717, 1.165) is 18.9 Å². The lowest BCUT2D eigenvalue weighted by Crippen LogP contribution is -2.39. The van der Waals surface area contributed by atoms with E-state index < -0.39 is 0 Å². The molecule has 1 aliphatic heterocycles. The van der Waals surface area contributed by atoms with Crippen molar-refractivity contribution in [3.63, 3.8) is 0 Å². The highest BCUT2D eigenvalue weighted by atomic mass is 16.2. The second kappa shape index (κ2) is 5.73. The molecule has 2 heterocycles. The van der Waals surface area contributed by atoms with Crippen LogP contribution in [0.1, 0.15) is 11.4 Å². The monoisotopic (exact) mass is 282 g/mol. The Morgan fingerprint density at radius 3 is 3.10 bits per heavy atom. The minimum atomic E-state index is -0.134. The molecule has 2 aromatic rings. The Labute approximate surface area is 121 Å². The van der Waals surface area contributed by atoms with Gasteiger partial charge < -0.3 is 9.88 Å². The van der Waals surface area contributed by atoms with Gasteiger partial charge in [-0.25, -0.2) is 0 Å². The lowest BCUT2D eigenvalue weighted by atomic mass is 10.2. The molecule has 21 heavy (non-hydrogen) atoms. The number of anilines is 1. The number of hydrogen-bond donors (Lipinski definition) is 1. The van der Waals surface area contributed by atoms with Gasteiger partial charge in [-0.2, -0.15) is 5.26 Å². The van der Waals surface area contributed by atoms with Gasteiger partial charge in [0.1, 0.15) is 18.2 Å². The molecule has 1 aromatic carbocycles. The smallest absolute Gasteiger partial charge is 0.238 e. The summed E-state index contributed by atoms with van der Waals surface area (Å²) in [6.07, 6.45) is 1.70. The largest absolute Gasteiger partial charge is 0.324 e. The minimum Gasteiger partial charge on any atom is -0.324 e. The van der Waals surface area contributed by atoms with Crippen molar-refractivity contribution in [2.24, 2.45) is 0 Å². The Morgan fingerprint density at radius 1 is 1.38 bits per heavy atom. The molecule has 7 nitrogen and oxygen atoms in total. The van der Waals surface area contributed by atoms with Crippen LogP contribution in [0.2, 0.25) is 0 Å². The third kappa shape index (κ3) is 2.90. The number of nitrogens with one attached hydrogen (secondary N) is 1. The second-order valence-electron chi connectivity index (χ2n) is 4.86. The van der Waals surface area contributed by atoms with Crippen LogP contribution in [-0.4, -0.2) is 38.7 Å². The maximum atomic E-state index is 12.1. The molecule has 7 heteroatoms. The standard InChI is InChI=1S/C14H14N6O/c15-7-11-3-1-2-4-12(11)17-14(21)9-19-5-6-20-10-16-18-13(20)8-19/h1-4,10H,5-6,8-9H2,(H,17,21). The van der Waals surface area contributed by atoms with Crippen molar-refractivity contribution in [3.8, 4) is 6.07 Å². The topological polar surface area (TPSA) is 86.8 Å². The fourth-order valence-corrected chi connectivity index (χ4v) is 2.33. The summed E-state index contributed by atoms with van der Waals surface area (Å²) in [7, 11) is 0. The van der Waals surface area contributed by atoms with Crippen molar-refractivity contribution in [2.45, 2.75) is 13.1 Å². The van der Waals surface area contributed by atoms with E-state index in [1.807, 2.05) is 9.47 Å². The molecule has 0 saturated carbocycles. The average molecular weight is 282 g/mol. The first-order chi connectivity index (χ1) is 10.3. The van der Waals surface area contributed by atoms with E-state index in [1.165, 1.54) is 0 Å². The molecule has 1 aromatic heterocycles. The molecular weight excluding hydrogens is 268 g/mol. The molecule has 0 bridgehead atoms. The van der Waals surface area contributed by atoms with Gasteiger partial charge >= 0.3 is 0 Å². The van der Waals surface area contributed by atoms with Gasteiger partial charge in [0.2, 0.25) is 5.91 Å². The number of carbonyl (C=O) groups is 1. The van der Waals surface area contributed by atoms with Crippen LogP contribution in [0, 0.1) is 11.3 Å². The van der Waals surface area contributed by atoms with Crippen molar-refractivity contribution in [3.05, 3.63) is 42.0 Å². The highest BCUT2D eigenvalue weighted by molar-refractivity contribution is 5.93. The van der Waals surface area contributed by atoms with Crippen LogP contribution in [0.5, 0.6) is 0 Å². The maximum Gasteiger partial charge on any atom is 0.238 e. The number of aromatic nitrogens is 3. The first kappa shape index (κ1) is 13.3. The van der Waals surface area contributed by atoms with E-state index in [-0.39, 0.29) is 12.5 Å². The van der Waals surface area contributed by atoms with E-state index in [2.05, 4.69) is 21.6 Å². The molecular formula is C14H14N6O. The molecule has 1 N–H and O–H groups in total. The van der Waals surface area contributed by atoms with Crippen molar-refractivity contribution < 1.29 is 4.79 Å². The normalized spacial score (nSPS) is 14.2. The van der Waals surface area contributed by atoms with Gasteiger partial charge in [0.05, 0.1) is 24.3 Å². The molecule has 1 aliphatic rings. The van der Waals surface area contributed by atoms with Gasteiger partial charge in [-0.15, -0.1) is 10.2 Å². The molecule has 3 rings (SSSR count).